The normalized spacial score (nSPS) is 15.8. The topological polar surface area (TPSA) is 0 Å². The summed E-state index contributed by atoms with van der Waals surface area (Å²) < 4.78 is 0. The zero-order valence-electron chi connectivity index (χ0n) is 7.88. The highest BCUT2D eigenvalue weighted by Gasteiger charge is 2.12. The predicted molar refractivity (Wildman–Crippen MR) is 60.4 cm³/mol. The molecule has 0 atom stereocenters. The van der Waals surface area contributed by atoms with E-state index in [0.29, 0.717) is 0 Å². The molecule has 0 aromatic heterocycles. The van der Waals surface area contributed by atoms with E-state index in [1.54, 1.807) is 0 Å². The molecule has 0 saturated carbocycles. The monoisotopic (exact) mass is 190 g/mol. The zero-order valence-corrected chi connectivity index (χ0v) is 8.77. The van der Waals surface area contributed by atoms with Crippen molar-refractivity contribution < 1.29 is 0 Å². The van der Waals surface area contributed by atoms with Crippen LogP contribution in [0.1, 0.15) is 18.1 Å². The lowest BCUT2D eigenvalue weighted by Gasteiger charge is -2.19. The molecule has 68 valence electrons. The Morgan fingerprint density at radius 2 is 1.77 bits per heavy atom. The van der Waals surface area contributed by atoms with Gasteiger partial charge >= 0.3 is 0 Å². The van der Waals surface area contributed by atoms with Crippen molar-refractivity contribution in [3.8, 4) is 0 Å². The van der Waals surface area contributed by atoms with Gasteiger partial charge in [-0.25, -0.2) is 0 Å². The van der Waals surface area contributed by atoms with Crippen LogP contribution in [0, 0.1) is 0 Å². The van der Waals surface area contributed by atoms with E-state index in [1.807, 2.05) is 0 Å². The van der Waals surface area contributed by atoms with Gasteiger partial charge in [-0.15, -0.1) is 0 Å². The Balaban J connectivity index is 2.37. The molecule has 1 aromatic rings. The quantitative estimate of drug-likeness (QED) is 0.511. The van der Waals surface area contributed by atoms with E-state index in [0.717, 1.165) is 18.6 Å². The average Bonchev–Trinajstić information content (AvgIpc) is 2.17. The Morgan fingerprint density at radius 1 is 1.15 bits per heavy atom. The highest BCUT2D eigenvalue weighted by Crippen LogP contribution is 2.25. The minimum Gasteiger partial charge on any atom is -0.175 e. The smallest absolute Gasteiger partial charge is 0.0119 e. The summed E-state index contributed by atoms with van der Waals surface area (Å²) in [5, 5.41) is 0. The summed E-state index contributed by atoms with van der Waals surface area (Å²) in [6.07, 6.45) is 2.22. The Kier molecular flexibility index (Phi) is 2.45. The first-order valence-corrected chi connectivity index (χ1v) is 5.29. The van der Waals surface area contributed by atoms with Gasteiger partial charge in [0.1, 0.15) is 0 Å². The Bertz CT molecular complexity index is 350. The van der Waals surface area contributed by atoms with Gasteiger partial charge in [0.25, 0.3) is 0 Å². The van der Waals surface area contributed by atoms with Gasteiger partial charge in [-0.2, -0.15) is 12.6 Å². The van der Waals surface area contributed by atoms with Gasteiger partial charge in [-0.3, -0.25) is 0 Å². The van der Waals surface area contributed by atoms with Gasteiger partial charge in [0.05, 0.1) is 0 Å². The van der Waals surface area contributed by atoms with Crippen molar-refractivity contribution in [1.29, 1.82) is 0 Å². The van der Waals surface area contributed by atoms with Crippen molar-refractivity contribution in [3.63, 3.8) is 0 Å². The zero-order chi connectivity index (χ0) is 9.26. The molecule has 1 aromatic carbocycles. The van der Waals surface area contributed by atoms with Gasteiger partial charge in [0.2, 0.25) is 0 Å². The minimum atomic E-state index is 0.903. The van der Waals surface area contributed by atoms with Crippen molar-refractivity contribution in [1.82, 2.24) is 0 Å². The number of thiol groups is 1. The van der Waals surface area contributed by atoms with Crippen molar-refractivity contribution in [3.05, 3.63) is 46.5 Å². The van der Waals surface area contributed by atoms with Crippen LogP contribution >= 0.6 is 12.6 Å². The second-order valence-corrected chi connectivity index (χ2v) is 3.98. The molecule has 0 heterocycles. The predicted octanol–water partition coefficient (Wildman–Crippen LogP) is 3.03. The molecule has 13 heavy (non-hydrogen) atoms. The van der Waals surface area contributed by atoms with Gasteiger partial charge in [0.15, 0.2) is 0 Å². The molecule has 1 aliphatic rings. The fourth-order valence-corrected chi connectivity index (χ4v) is 2.27. The first kappa shape index (κ1) is 8.89. The summed E-state index contributed by atoms with van der Waals surface area (Å²) >= 11 is 4.36. The maximum atomic E-state index is 4.36. The fourth-order valence-electron chi connectivity index (χ4n) is 1.88. The molecule has 1 heteroatoms. The molecular weight excluding hydrogens is 176 g/mol. The molecule has 0 fully saturated rings. The van der Waals surface area contributed by atoms with Crippen LogP contribution in [0.2, 0.25) is 0 Å². The van der Waals surface area contributed by atoms with Gasteiger partial charge in [-0.1, -0.05) is 35.4 Å². The molecule has 0 aliphatic heterocycles. The van der Waals surface area contributed by atoms with Crippen LogP contribution in [0.25, 0.3) is 0 Å². The molecule has 0 saturated heterocycles. The summed E-state index contributed by atoms with van der Waals surface area (Å²) in [6.45, 7) is 2.22. The Morgan fingerprint density at radius 3 is 2.38 bits per heavy atom. The number of benzene rings is 1. The summed E-state index contributed by atoms with van der Waals surface area (Å²) in [5.74, 6) is 0.903. The van der Waals surface area contributed by atoms with Crippen LogP contribution in [0.4, 0.5) is 0 Å². The van der Waals surface area contributed by atoms with Crippen LogP contribution in [-0.2, 0) is 12.8 Å². The van der Waals surface area contributed by atoms with Crippen molar-refractivity contribution >= 4 is 12.6 Å². The van der Waals surface area contributed by atoms with E-state index in [2.05, 4.69) is 43.8 Å². The second-order valence-electron chi connectivity index (χ2n) is 3.66. The molecule has 0 bridgehead atoms. The number of allylic oxidation sites excluding steroid dienone is 1. The van der Waals surface area contributed by atoms with E-state index in [-0.39, 0.29) is 0 Å². The van der Waals surface area contributed by atoms with E-state index in [4.69, 9.17) is 0 Å². The van der Waals surface area contributed by atoms with Gasteiger partial charge < -0.3 is 0 Å². The summed E-state index contributed by atoms with van der Waals surface area (Å²) in [4.78, 5) is 0. The number of hydrogen-bond donors (Lipinski definition) is 1. The SMILES string of the molecule is CC1=C(CS)Cc2ccccc2C1. The molecule has 0 nitrogen and oxygen atoms in total. The van der Waals surface area contributed by atoms with E-state index in [9.17, 15) is 0 Å². The first-order valence-electron chi connectivity index (χ1n) is 4.66. The lowest BCUT2D eigenvalue weighted by atomic mass is 9.87. The number of fused-ring (bicyclic) bond motifs is 1. The fraction of sp³-hybridized carbons (Fsp3) is 0.333. The van der Waals surface area contributed by atoms with Crippen LogP contribution in [0.5, 0.6) is 0 Å². The average molecular weight is 190 g/mol. The van der Waals surface area contributed by atoms with Crippen molar-refractivity contribution in [2.24, 2.45) is 0 Å². The summed E-state index contributed by atoms with van der Waals surface area (Å²) in [7, 11) is 0. The Labute approximate surface area is 85.1 Å². The lowest BCUT2D eigenvalue weighted by Crippen LogP contribution is -2.07. The molecular formula is C12H14S. The maximum absolute atomic E-state index is 4.36. The van der Waals surface area contributed by atoms with Gasteiger partial charge in [-0.05, 0) is 30.9 Å². The number of rotatable bonds is 1. The maximum Gasteiger partial charge on any atom is 0.0119 e. The third kappa shape index (κ3) is 1.66. The second kappa shape index (κ2) is 3.59. The van der Waals surface area contributed by atoms with Crippen molar-refractivity contribution in [2.75, 3.05) is 5.75 Å². The largest absolute Gasteiger partial charge is 0.175 e. The third-order valence-corrected chi connectivity index (χ3v) is 3.15. The molecule has 0 N–H and O–H groups in total. The van der Waals surface area contributed by atoms with Crippen LogP contribution in [0.15, 0.2) is 35.4 Å². The van der Waals surface area contributed by atoms with Crippen LogP contribution < -0.4 is 0 Å². The first-order chi connectivity index (χ1) is 6.31. The standard InChI is InChI=1S/C12H14S/c1-9-6-10-4-2-3-5-11(10)7-12(9)8-13/h2-5,13H,6-8H2,1H3. The molecule has 2 rings (SSSR count). The highest BCUT2D eigenvalue weighted by atomic mass is 32.1. The van der Waals surface area contributed by atoms with E-state index in [1.165, 1.54) is 22.3 Å². The molecule has 0 spiro atoms. The summed E-state index contributed by atoms with van der Waals surface area (Å²) in [6, 6.07) is 8.70. The lowest BCUT2D eigenvalue weighted by molar-refractivity contribution is 0.957. The van der Waals surface area contributed by atoms with E-state index < -0.39 is 0 Å². The third-order valence-electron chi connectivity index (χ3n) is 2.77. The molecule has 0 unspecified atom stereocenters. The molecule has 0 amide bonds. The summed E-state index contributed by atoms with van der Waals surface area (Å²) in [5.41, 5.74) is 5.98. The van der Waals surface area contributed by atoms with Crippen molar-refractivity contribution in [2.45, 2.75) is 19.8 Å². The minimum absolute atomic E-state index is 0.903. The van der Waals surface area contributed by atoms with Crippen LogP contribution in [-0.4, -0.2) is 5.75 Å². The van der Waals surface area contributed by atoms with Gasteiger partial charge in [0, 0.05) is 5.75 Å². The highest BCUT2D eigenvalue weighted by molar-refractivity contribution is 7.80. The molecule has 1 aliphatic carbocycles. The van der Waals surface area contributed by atoms with Crippen LogP contribution in [0.3, 0.4) is 0 Å². The molecule has 0 radical (unpaired) electrons. The number of hydrogen-bond acceptors (Lipinski definition) is 1. The Hall–Kier alpha value is -0.690. The van der Waals surface area contributed by atoms with E-state index >= 15 is 0 Å².